The zero-order valence-corrected chi connectivity index (χ0v) is 13.1. The molecule has 2 N–H and O–H groups in total. The number of rotatable bonds is 4. The Morgan fingerprint density at radius 2 is 2.00 bits per heavy atom. The van der Waals surface area contributed by atoms with E-state index in [-0.39, 0.29) is 16.6 Å². The quantitative estimate of drug-likeness (QED) is 0.882. The van der Waals surface area contributed by atoms with Crippen molar-refractivity contribution >= 4 is 17.2 Å². The lowest BCUT2D eigenvalue weighted by Crippen LogP contribution is -2.30. The summed E-state index contributed by atoms with van der Waals surface area (Å²) in [7, 11) is 1.62. The van der Waals surface area contributed by atoms with E-state index in [0.717, 1.165) is 17.0 Å². The fourth-order valence-electron chi connectivity index (χ4n) is 2.27. The molecule has 1 aromatic carbocycles. The van der Waals surface area contributed by atoms with E-state index in [2.05, 4.69) is 0 Å². The maximum atomic E-state index is 12.6. The number of methoxy groups -OCH3 is 1. The van der Waals surface area contributed by atoms with Gasteiger partial charge in [0.05, 0.1) is 18.4 Å². The molecule has 0 aliphatic rings. The Balaban J connectivity index is 2.71. The number of thiocarbonyl (C=S) groups is 1. The third-order valence-corrected chi connectivity index (χ3v) is 3.48. The number of benzene rings is 1. The summed E-state index contributed by atoms with van der Waals surface area (Å²) in [6.07, 6.45) is 0. The Morgan fingerprint density at radius 3 is 2.57 bits per heavy atom. The number of hydrogen-bond acceptors (Lipinski definition) is 3. The Labute approximate surface area is 129 Å². The van der Waals surface area contributed by atoms with Crippen LogP contribution in [0.2, 0.25) is 0 Å². The summed E-state index contributed by atoms with van der Waals surface area (Å²) in [6.45, 7) is 3.91. The van der Waals surface area contributed by atoms with Gasteiger partial charge in [0.1, 0.15) is 10.7 Å². The van der Waals surface area contributed by atoms with Crippen LogP contribution in [-0.4, -0.2) is 16.7 Å². The van der Waals surface area contributed by atoms with Crippen LogP contribution in [0.3, 0.4) is 0 Å². The second-order valence-electron chi connectivity index (χ2n) is 5.00. The van der Waals surface area contributed by atoms with Crippen LogP contribution in [0, 0.1) is 0 Å². The lowest BCUT2D eigenvalue weighted by atomic mass is 10.1. The smallest absolute Gasteiger partial charge is 0.261 e. The summed E-state index contributed by atoms with van der Waals surface area (Å²) in [6, 6.07) is 11.1. The van der Waals surface area contributed by atoms with Gasteiger partial charge < -0.3 is 15.0 Å². The van der Waals surface area contributed by atoms with Gasteiger partial charge in [-0.1, -0.05) is 24.4 Å². The van der Waals surface area contributed by atoms with Gasteiger partial charge in [0.15, 0.2) is 0 Å². The van der Waals surface area contributed by atoms with Crippen LogP contribution in [0.1, 0.15) is 25.5 Å². The van der Waals surface area contributed by atoms with Crippen molar-refractivity contribution in [1.29, 1.82) is 0 Å². The average molecular weight is 302 g/mol. The topological polar surface area (TPSA) is 57.2 Å². The van der Waals surface area contributed by atoms with E-state index in [9.17, 15) is 4.79 Å². The van der Waals surface area contributed by atoms with E-state index in [1.807, 2.05) is 44.2 Å². The van der Waals surface area contributed by atoms with Crippen molar-refractivity contribution in [3.05, 3.63) is 52.3 Å². The zero-order chi connectivity index (χ0) is 15.6. The molecule has 0 aliphatic heterocycles. The summed E-state index contributed by atoms with van der Waals surface area (Å²) in [5.41, 5.74) is 7.54. The minimum atomic E-state index is -0.169. The Hall–Kier alpha value is -2.14. The van der Waals surface area contributed by atoms with Gasteiger partial charge in [-0.2, -0.15) is 0 Å². The predicted molar refractivity (Wildman–Crippen MR) is 89.0 cm³/mol. The van der Waals surface area contributed by atoms with Gasteiger partial charge in [-0.25, -0.2) is 0 Å². The number of aromatic nitrogens is 1. The van der Waals surface area contributed by atoms with E-state index >= 15 is 0 Å². The van der Waals surface area contributed by atoms with Crippen molar-refractivity contribution in [1.82, 2.24) is 4.57 Å². The molecule has 0 saturated carbocycles. The molecule has 0 spiro atoms. The van der Waals surface area contributed by atoms with E-state index in [1.54, 1.807) is 17.7 Å². The first kappa shape index (κ1) is 15.3. The second-order valence-corrected chi connectivity index (χ2v) is 5.44. The standard InChI is InChI=1S/C16H18N2O2S/c1-10(2)18-14(8-7-13(15(17)21)16(18)19)11-5-4-6-12(9-11)20-3/h4-10H,1-3H3,(H2,17,21). The van der Waals surface area contributed by atoms with Gasteiger partial charge in [-0.15, -0.1) is 0 Å². The van der Waals surface area contributed by atoms with Gasteiger partial charge in [-0.3, -0.25) is 4.79 Å². The van der Waals surface area contributed by atoms with Crippen molar-refractivity contribution in [3.8, 4) is 17.0 Å². The second kappa shape index (κ2) is 6.10. The van der Waals surface area contributed by atoms with E-state index in [0.29, 0.717) is 5.56 Å². The molecule has 0 aliphatic carbocycles. The maximum Gasteiger partial charge on any atom is 0.261 e. The summed E-state index contributed by atoms with van der Waals surface area (Å²) >= 11 is 4.94. The molecule has 0 saturated heterocycles. The monoisotopic (exact) mass is 302 g/mol. The van der Waals surface area contributed by atoms with Crippen LogP contribution in [0.5, 0.6) is 5.75 Å². The highest BCUT2D eigenvalue weighted by molar-refractivity contribution is 7.80. The molecule has 5 heteroatoms. The molecule has 2 aromatic rings. The van der Waals surface area contributed by atoms with Crippen molar-refractivity contribution in [2.24, 2.45) is 5.73 Å². The highest BCUT2D eigenvalue weighted by Gasteiger charge is 2.14. The van der Waals surface area contributed by atoms with E-state index in [1.165, 1.54) is 0 Å². The highest BCUT2D eigenvalue weighted by atomic mass is 32.1. The zero-order valence-electron chi connectivity index (χ0n) is 12.3. The third kappa shape index (κ3) is 2.97. The summed E-state index contributed by atoms with van der Waals surface area (Å²) < 4.78 is 6.94. The van der Waals surface area contributed by atoms with Crippen molar-refractivity contribution in [2.75, 3.05) is 7.11 Å². The molecular formula is C16H18N2O2S. The fraction of sp³-hybridized carbons (Fsp3) is 0.250. The van der Waals surface area contributed by atoms with Gasteiger partial charge in [-0.05, 0) is 38.1 Å². The Kier molecular flexibility index (Phi) is 4.43. The lowest BCUT2D eigenvalue weighted by molar-refractivity contribution is 0.415. The summed E-state index contributed by atoms with van der Waals surface area (Å²) in [5, 5.41) is 0. The molecule has 0 fully saturated rings. The molecule has 21 heavy (non-hydrogen) atoms. The third-order valence-electron chi connectivity index (χ3n) is 3.26. The first-order valence-electron chi connectivity index (χ1n) is 6.65. The molecule has 110 valence electrons. The van der Waals surface area contributed by atoms with Gasteiger partial charge in [0.2, 0.25) is 0 Å². The van der Waals surface area contributed by atoms with Crippen LogP contribution >= 0.6 is 12.2 Å². The van der Waals surface area contributed by atoms with Crippen molar-refractivity contribution in [2.45, 2.75) is 19.9 Å². The van der Waals surface area contributed by atoms with Crippen molar-refractivity contribution < 1.29 is 4.74 Å². The highest BCUT2D eigenvalue weighted by Crippen LogP contribution is 2.25. The normalized spacial score (nSPS) is 10.7. The van der Waals surface area contributed by atoms with E-state index in [4.69, 9.17) is 22.7 Å². The van der Waals surface area contributed by atoms with Crippen LogP contribution in [-0.2, 0) is 0 Å². The minimum absolute atomic E-state index is 0.00648. The minimum Gasteiger partial charge on any atom is -0.497 e. The van der Waals surface area contributed by atoms with Crippen LogP contribution in [0.25, 0.3) is 11.3 Å². The van der Waals surface area contributed by atoms with Crippen LogP contribution < -0.4 is 16.0 Å². The Morgan fingerprint density at radius 1 is 1.29 bits per heavy atom. The van der Waals surface area contributed by atoms with Crippen LogP contribution in [0.15, 0.2) is 41.2 Å². The molecule has 1 aromatic heterocycles. The maximum absolute atomic E-state index is 12.6. The molecule has 0 bridgehead atoms. The fourth-order valence-corrected chi connectivity index (χ4v) is 2.43. The molecule has 0 atom stereocenters. The molecule has 0 amide bonds. The first-order chi connectivity index (χ1) is 9.95. The molecular weight excluding hydrogens is 284 g/mol. The molecule has 2 rings (SSSR count). The Bertz CT molecular complexity index is 735. The first-order valence-corrected chi connectivity index (χ1v) is 7.06. The van der Waals surface area contributed by atoms with Gasteiger partial charge >= 0.3 is 0 Å². The summed E-state index contributed by atoms with van der Waals surface area (Å²) in [4.78, 5) is 12.7. The summed E-state index contributed by atoms with van der Waals surface area (Å²) in [5.74, 6) is 0.744. The molecule has 4 nitrogen and oxygen atoms in total. The molecule has 0 radical (unpaired) electrons. The lowest BCUT2D eigenvalue weighted by Gasteiger charge is -2.18. The van der Waals surface area contributed by atoms with Crippen molar-refractivity contribution in [3.63, 3.8) is 0 Å². The predicted octanol–water partition coefficient (Wildman–Crippen LogP) is 2.74. The molecule has 0 unspecified atom stereocenters. The van der Waals surface area contributed by atoms with Crippen LogP contribution in [0.4, 0.5) is 0 Å². The van der Waals surface area contributed by atoms with Gasteiger partial charge in [0.25, 0.3) is 5.56 Å². The number of ether oxygens (including phenoxy) is 1. The number of hydrogen-bond donors (Lipinski definition) is 1. The SMILES string of the molecule is COc1cccc(-c2ccc(C(N)=S)c(=O)n2C(C)C)c1. The average Bonchev–Trinajstić information content (AvgIpc) is 2.46. The van der Waals surface area contributed by atoms with E-state index < -0.39 is 0 Å². The largest absolute Gasteiger partial charge is 0.497 e. The number of pyridine rings is 1. The van der Waals surface area contributed by atoms with Gasteiger partial charge in [0, 0.05) is 11.6 Å². The number of nitrogens with two attached hydrogens (primary N) is 1. The molecule has 1 heterocycles. The number of nitrogens with zero attached hydrogens (tertiary/aromatic N) is 1.